The number of carbonyl (C=O) groups is 1. The van der Waals surface area contributed by atoms with E-state index in [4.69, 9.17) is 4.74 Å². The van der Waals surface area contributed by atoms with Crippen LogP contribution < -0.4 is 15.4 Å². The second kappa shape index (κ2) is 7.61. The van der Waals surface area contributed by atoms with Gasteiger partial charge in [0.1, 0.15) is 5.75 Å². The summed E-state index contributed by atoms with van der Waals surface area (Å²) in [5.41, 5.74) is 3.16. The van der Waals surface area contributed by atoms with Crippen LogP contribution in [0.25, 0.3) is 0 Å². The van der Waals surface area contributed by atoms with Gasteiger partial charge in [-0.2, -0.15) is 0 Å². The van der Waals surface area contributed by atoms with Gasteiger partial charge < -0.3 is 15.4 Å². The molecule has 0 saturated carbocycles. The van der Waals surface area contributed by atoms with Gasteiger partial charge >= 0.3 is 0 Å². The number of rotatable bonds is 6. The van der Waals surface area contributed by atoms with E-state index in [1.807, 2.05) is 42.5 Å². The number of methoxy groups -OCH3 is 1. The molecule has 0 aromatic heterocycles. The minimum atomic E-state index is -0.0593. The Morgan fingerprint density at radius 1 is 1.18 bits per heavy atom. The average molecular weight is 298 g/mol. The van der Waals surface area contributed by atoms with Crippen molar-refractivity contribution >= 4 is 11.6 Å². The third-order valence-electron chi connectivity index (χ3n) is 3.48. The van der Waals surface area contributed by atoms with Crippen LogP contribution in [0.5, 0.6) is 5.75 Å². The molecule has 1 unspecified atom stereocenters. The van der Waals surface area contributed by atoms with Crippen molar-refractivity contribution in [3.63, 3.8) is 0 Å². The largest absolute Gasteiger partial charge is 0.497 e. The Labute approximate surface area is 131 Å². The van der Waals surface area contributed by atoms with E-state index in [0.29, 0.717) is 0 Å². The summed E-state index contributed by atoms with van der Waals surface area (Å²) in [4.78, 5) is 11.1. The summed E-state index contributed by atoms with van der Waals surface area (Å²) in [6, 6.07) is 16.1. The Bertz CT molecular complexity index is 623. The van der Waals surface area contributed by atoms with Gasteiger partial charge in [-0.25, -0.2) is 0 Å². The Morgan fingerprint density at radius 2 is 1.91 bits per heavy atom. The number of hydrogen-bond donors (Lipinski definition) is 2. The quantitative estimate of drug-likeness (QED) is 0.858. The van der Waals surface area contributed by atoms with E-state index >= 15 is 0 Å². The van der Waals surface area contributed by atoms with E-state index in [1.54, 1.807) is 7.11 Å². The second-order valence-corrected chi connectivity index (χ2v) is 5.26. The molecule has 0 spiro atoms. The van der Waals surface area contributed by atoms with Crippen molar-refractivity contribution in [1.82, 2.24) is 5.32 Å². The topological polar surface area (TPSA) is 50.4 Å². The van der Waals surface area contributed by atoms with E-state index in [9.17, 15) is 4.79 Å². The summed E-state index contributed by atoms with van der Waals surface area (Å²) in [6.45, 7) is 4.39. The first-order valence-corrected chi connectivity index (χ1v) is 7.32. The first-order chi connectivity index (χ1) is 10.6. The van der Waals surface area contributed by atoms with Gasteiger partial charge in [-0.15, -0.1) is 0 Å². The molecule has 4 heteroatoms. The van der Waals surface area contributed by atoms with Crippen molar-refractivity contribution in [2.45, 2.75) is 26.4 Å². The fraction of sp³-hybridized carbons (Fsp3) is 0.278. The Morgan fingerprint density at radius 3 is 2.55 bits per heavy atom. The monoisotopic (exact) mass is 298 g/mol. The van der Waals surface area contributed by atoms with E-state index in [-0.39, 0.29) is 11.9 Å². The van der Waals surface area contributed by atoms with Crippen LogP contribution >= 0.6 is 0 Å². The molecule has 1 atom stereocenters. The van der Waals surface area contributed by atoms with Crippen LogP contribution in [0.3, 0.4) is 0 Å². The lowest BCUT2D eigenvalue weighted by atomic mass is 10.1. The number of benzene rings is 2. The Kier molecular flexibility index (Phi) is 5.55. The highest BCUT2D eigenvalue weighted by Gasteiger charge is 2.06. The number of hydrogen-bond acceptors (Lipinski definition) is 3. The fourth-order valence-electron chi connectivity index (χ4n) is 2.22. The predicted molar refractivity (Wildman–Crippen MR) is 89.0 cm³/mol. The molecule has 0 aliphatic carbocycles. The van der Waals surface area contributed by atoms with E-state index in [2.05, 4.69) is 23.6 Å². The lowest BCUT2D eigenvalue weighted by Gasteiger charge is -2.15. The van der Waals surface area contributed by atoms with Gasteiger partial charge in [0.15, 0.2) is 0 Å². The minimum Gasteiger partial charge on any atom is -0.497 e. The molecular weight excluding hydrogens is 276 g/mol. The zero-order valence-electron chi connectivity index (χ0n) is 13.2. The molecule has 1 amide bonds. The lowest BCUT2D eigenvalue weighted by Crippen LogP contribution is -2.18. The summed E-state index contributed by atoms with van der Waals surface area (Å²) in [6.07, 6.45) is 0. The molecular formula is C18H22N2O2. The molecule has 2 aromatic rings. The van der Waals surface area contributed by atoms with Crippen molar-refractivity contribution in [2.24, 2.45) is 0 Å². The molecule has 22 heavy (non-hydrogen) atoms. The van der Waals surface area contributed by atoms with Gasteiger partial charge in [0.05, 0.1) is 7.11 Å². The first-order valence-electron chi connectivity index (χ1n) is 7.32. The highest BCUT2D eigenvalue weighted by atomic mass is 16.5. The summed E-state index contributed by atoms with van der Waals surface area (Å²) in [7, 11) is 1.66. The number of ether oxygens (including phenoxy) is 1. The molecule has 0 radical (unpaired) electrons. The molecule has 0 saturated heterocycles. The molecule has 0 aliphatic rings. The molecule has 0 bridgehead atoms. The molecule has 4 nitrogen and oxygen atoms in total. The van der Waals surface area contributed by atoms with Crippen molar-refractivity contribution in [3.05, 3.63) is 59.7 Å². The van der Waals surface area contributed by atoms with Gasteiger partial charge in [-0.1, -0.05) is 24.3 Å². The van der Waals surface area contributed by atoms with Gasteiger partial charge in [-0.05, 0) is 42.3 Å². The van der Waals surface area contributed by atoms with Crippen LogP contribution in [0, 0.1) is 0 Å². The molecule has 0 fully saturated rings. The number of nitrogens with one attached hydrogen (secondary N) is 2. The maximum absolute atomic E-state index is 11.1. The summed E-state index contributed by atoms with van der Waals surface area (Å²) in [5.74, 6) is 0.802. The van der Waals surface area contributed by atoms with Crippen molar-refractivity contribution < 1.29 is 9.53 Å². The zero-order chi connectivity index (χ0) is 15.9. The van der Waals surface area contributed by atoms with Gasteiger partial charge in [0, 0.05) is 25.2 Å². The number of amides is 1. The maximum Gasteiger partial charge on any atom is 0.221 e. The standard InChI is InChI=1S/C18H22N2O2/c1-13(16-5-4-6-17(11-16)20-14(2)21)19-12-15-7-9-18(22-3)10-8-15/h4-11,13,19H,12H2,1-3H3,(H,20,21). The number of anilines is 1. The zero-order valence-corrected chi connectivity index (χ0v) is 13.2. The molecule has 2 rings (SSSR count). The Hall–Kier alpha value is -2.33. The third kappa shape index (κ3) is 4.60. The second-order valence-electron chi connectivity index (χ2n) is 5.26. The third-order valence-corrected chi connectivity index (χ3v) is 3.48. The van der Waals surface area contributed by atoms with Crippen molar-refractivity contribution in [2.75, 3.05) is 12.4 Å². The van der Waals surface area contributed by atoms with Crippen LogP contribution in [0.15, 0.2) is 48.5 Å². The highest BCUT2D eigenvalue weighted by Crippen LogP contribution is 2.18. The van der Waals surface area contributed by atoms with Crippen molar-refractivity contribution in [1.29, 1.82) is 0 Å². The van der Waals surface area contributed by atoms with E-state index < -0.39 is 0 Å². The molecule has 0 heterocycles. The SMILES string of the molecule is COc1ccc(CNC(C)c2cccc(NC(C)=O)c2)cc1. The first kappa shape index (κ1) is 16.0. The summed E-state index contributed by atoms with van der Waals surface area (Å²) >= 11 is 0. The molecule has 2 aromatic carbocycles. The van der Waals surface area contributed by atoms with Crippen LogP contribution in [0.2, 0.25) is 0 Å². The van der Waals surface area contributed by atoms with Crippen molar-refractivity contribution in [3.8, 4) is 5.75 Å². The van der Waals surface area contributed by atoms with Crippen LogP contribution in [-0.4, -0.2) is 13.0 Å². The molecule has 2 N–H and O–H groups in total. The van der Waals surface area contributed by atoms with Gasteiger partial charge in [0.2, 0.25) is 5.91 Å². The van der Waals surface area contributed by atoms with Gasteiger partial charge in [0.25, 0.3) is 0 Å². The fourth-order valence-corrected chi connectivity index (χ4v) is 2.22. The van der Waals surface area contributed by atoms with Crippen LogP contribution in [0.1, 0.15) is 31.0 Å². The smallest absolute Gasteiger partial charge is 0.221 e. The highest BCUT2D eigenvalue weighted by molar-refractivity contribution is 5.88. The Balaban J connectivity index is 1.96. The summed E-state index contributed by atoms with van der Waals surface area (Å²) in [5, 5.41) is 6.29. The minimum absolute atomic E-state index is 0.0593. The predicted octanol–water partition coefficient (Wildman–Crippen LogP) is 3.50. The average Bonchev–Trinajstić information content (AvgIpc) is 2.52. The van der Waals surface area contributed by atoms with Crippen LogP contribution in [-0.2, 0) is 11.3 Å². The lowest BCUT2D eigenvalue weighted by molar-refractivity contribution is -0.114. The number of carbonyl (C=O) groups excluding carboxylic acids is 1. The molecule has 0 aliphatic heterocycles. The molecule has 116 valence electrons. The normalized spacial score (nSPS) is 11.8. The van der Waals surface area contributed by atoms with E-state index in [1.165, 1.54) is 12.5 Å². The van der Waals surface area contributed by atoms with E-state index in [0.717, 1.165) is 23.5 Å². The summed E-state index contributed by atoms with van der Waals surface area (Å²) < 4.78 is 5.15. The maximum atomic E-state index is 11.1. The van der Waals surface area contributed by atoms with Gasteiger partial charge in [-0.3, -0.25) is 4.79 Å². The van der Waals surface area contributed by atoms with Crippen LogP contribution in [0.4, 0.5) is 5.69 Å².